The highest BCUT2D eigenvalue weighted by molar-refractivity contribution is 6.44. The summed E-state index contributed by atoms with van der Waals surface area (Å²) in [4.78, 5) is 27.2. The molecule has 22 heavy (non-hydrogen) atoms. The van der Waals surface area contributed by atoms with Crippen molar-refractivity contribution in [2.75, 3.05) is 6.54 Å². The number of aryl methyl sites for hydroxylation is 1. The van der Waals surface area contributed by atoms with Crippen LogP contribution < -0.4 is 5.32 Å². The number of fused-ring (bicyclic) bond motifs is 1. The molecule has 0 bridgehead atoms. The van der Waals surface area contributed by atoms with Crippen molar-refractivity contribution >= 4 is 22.6 Å². The number of Topliss-reactive ketones (excluding diaryl/α,β-unsaturated/α-hetero) is 1. The Balaban J connectivity index is 1.56. The van der Waals surface area contributed by atoms with Gasteiger partial charge in [-0.05, 0) is 24.6 Å². The van der Waals surface area contributed by atoms with Crippen molar-refractivity contribution in [2.45, 2.75) is 13.0 Å². The Hall–Kier alpha value is -2.82. The number of aromatic nitrogens is 2. The number of para-hydroxylation sites is 1. The predicted octanol–water partition coefficient (Wildman–Crippen LogP) is 2.36. The molecule has 2 heterocycles. The summed E-state index contributed by atoms with van der Waals surface area (Å²) in [7, 11) is 0. The van der Waals surface area contributed by atoms with Crippen LogP contribution in [0.3, 0.4) is 0 Å². The molecule has 0 radical (unpaired) electrons. The van der Waals surface area contributed by atoms with Gasteiger partial charge in [0.05, 0.1) is 5.56 Å². The quantitative estimate of drug-likeness (QED) is 0.416. The van der Waals surface area contributed by atoms with Crippen molar-refractivity contribution < 1.29 is 9.59 Å². The Morgan fingerprint density at radius 1 is 1.09 bits per heavy atom. The number of amides is 1. The first kappa shape index (κ1) is 14.1. The fourth-order valence-electron chi connectivity index (χ4n) is 2.44. The Morgan fingerprint density at radius 2 is 1.86 bits per heavy atom. The van der Waals surface area contributed by atoms with Crippen LogP contribution in [0.25, 0.3) is 10.9 Å². The van der Waals surface area contributed by atoms with Gasteiger partial charge in [0.2, 0.25) is 0 Å². The molecule has 0 aliphatic rings. The monoisotopic (exact) mass is 295 g/mol. The van der Waals surface area contributed by atoms with Gasteiger partial charge in [-0.3, -0.25) is 9.59 Å². The first-order valence-corrected chi connectivity index (χ1v) is 7.25. The van der Waals surface area contributed by atoms with E-state index in [-0.39, 0.29) is 0 Å². The number of carbonyl (C=O) groups excluding carboxylic acids is 2. The lowest BCUT2D eigenvalue weighted by atomic mass is 10.1. The number of H-pyrrole nitrogens is 1. The van der Waals surface area contributed by atoms with Gasteiger partial charge in [-0.15, -0.1) is 0 Å². The second-order valence-corrected chi connectivity index (χ2v) is 5.11. The van der Waals surface area contributed by atoms with Crippen LogP contribution in [0, 0.1) is 0 Å². The topological polar surface area (TPSA) is 66.9 Å². The molecule has 0 aliphatic carbocycles. The summed E-state index contributed by atoms with van der Waals surface area (Å²) >= 11 is 0. The normalized spacial score (nSPS) is 10.7. The standard InChI is InChI=1S/C17H17N3O2/c21-16(14-12-19-15-7-2-1-6-13(14)15)17(22)18-8-5-11-20-9-3-4-10-20/h1-4,6-7,9-10,12,19H,5,8,11H2,(H,18,22). The molecule has 2 N–H and O–H groups in total. The van der Waals surface area contributed by atoms with Crippen molar-refractivity contribution in [3.63, 3.8) is 0 Å². The van der Waals surface area contributed by atoms with Crippen LogP contribution in [0.2, 0.25) is 0 Å². The van der Waals surface area contributed by atoms with Crippen molar-refractivity contribution in [3.05, 3.63) is 60.6 Å². The molecular weight excluding hydrogens is 278 g/mol. The molecule has 0 unspecified atom stereocenters. The summed E-state index contributed by atoms with van der Waals surface area (Å²) in [6, 6.07) is 11.4. The molecular formula is C17H17N3O2. The Labute approximate surface area is 127 Å². The lowest BCUT2D eigenvalue weighted by Gasteiger charge is -2.05. The van der Waals surface area contributed by atoms with Gasteiger partial charge in [-0.2, -0.15) is 0 Å². The third-order valence-corrected chi connectivity index (χ3v) is 3.58. The van der Waals surface area contributed by atoms with Gasteiger partial charge >= 0.3 is 0 Å². The van der Waals surface area contributed by atoms with Crippen molar-refractivity contribution in [3.8, 4) is 0 Å². The minimum absolute atomic E-state index is 0.415. The van der Waals surface area contributed by atoms with Gasteiger partial charge in [-0.25, -0.2) is 0 Å². The van der Waals surface area contributed by atoms with Crippen LogP contribution in [0.1, 0.15) is 16.8 Å². The minimum atomic E-state index is -0.558. The lowest BCUT2D eigenvalue weighted by molar-refractivity contribution is -0.117. The summed E-state index contributed by atoms with van der Waals surface area (Å²) in [5.41, 5.74) is 1.27. The third-order valence-electron chi connectivity index (χ3n) is 3.58. The van der Waals surface area contributed by atoms with E-state index in [2.05, 4.69) is 10.3 Å². The minimum Gasteiger partial charge on any atom is -0.360 e. The molecule has 0 fully saturated rings. The predicted molar refractivity (Wildman–Crippen MR) is 84.7 cm³/mol. The second-order valence-electron chi connectivity index (χ2n) is 5.11. The highest BCUT2D eigenvalue weighted by Crippen LogP contribution is 2.18. The fraction of sp³-hybridized carbons (Fsp3) is 0.176. The maximum Gasteiger partial charge on any atom is 0.292 e. The largest absolute Gasteiger partial charge is 0.360 e. The van der Waals surface area contributed by atoms with Gasteiger partial charge in [0.25, 0.3) is 11.7 Å². The van der Waals surface area contributed by atoms with E-state index in [4.69, 9.17) is 0 Å². The number of nitrogens with zero attached hydrogens (tertiary/aromatic N) is 1. The summed E-state index contributed by atoms with van der Waals surface area (Å²) in [5.74, 6) is -1.06. The zero-order valence-electron chi connectivity index (χ0n) is 12.1. The zero-order chi connectivity index (χ0) is 15.4. The maximum atomic E-state index is 12.2. The van der Waals surface area contributed by atoms with Gasteiger partial charge in [0, 0.05) is 42.6 Å². The van der Waals surface area contributed by atoms with E-state index in [0.717, 1.165) is 23.9 Å². The smallest absolute Gasteiger partial charge is 0.292 e. The van der Waals surface area contributed by atoms with Crippen LogP contribution >= 0.6 is 0 Å². The first-order chi connectivity index (χ1) is 10.8. The maximum absolute atomic E-state index is 12.2. The summed E-state index contributed by atoms with van der Waals surface area (Å²) in [5, 5.41) is 3.46. The molecule has 3 aromatic rings. The molecule has 1 aromatic carbocycles. The van der Waals surface area contributed by atoms with E-state index in [9.17, 15) is 9.59 Å². The number of aromatic amines is 1. The Morgan fingerprint density at radius 3 is 2.68 bits per heavy atom. The van der Waals surface area contributed by atoms with Crippen molar-refractivity contribution in [1.29, 1.82) is 0 Å². The second kappa shape index (κ2) is 6.30. The molecule has 0 atom stereocenters. The first-order valence-electron chi connectivity index (χ1n) is 7.25. The van der Waals surface area contributed by atoms with E-state index in [1.54, 1.807) is 6.20 Å². The molecule has 0 aliphatic heterocycles. The van der Waals surface area contributed by atoms with Gasteiger partial charge in [-0.1, -0.05) is 18.2 Å². The van der Waals surface area contributed by atoms with Gasteiger partial charge in [0.15, 0.2) is 0 Å². The number of carbonyl (C=O) groups is 2. The van der Waals surface area contributed by atoms with E-state index in [1.165, 1.54) is 0 Å². The Kier molecular flexibility index (Phi) is 4.05. The SMILES string of the molecule is O=C(NCCCn1cccc1)C(=O)c1c[nH]c2ccccc12. The van der Waals surface area contributed by atoms with Crippen molar-refractivity contribution in [2.24, 2.45) is 0 Å². The highest BCUT2D eigenvalue weighted by Gasteiger charge is 2.19. The van der Waals surface area contributed by atoms with Crippen LogP contribution in [0.15, 0.2) is 55.0 Å². The molecule has 1 amide bonds. The lowest BCUT2D eigenvalue weighted by Crippen LogP contribution is -2.32. The Bertz CT molecular complexity index is 787. The molecule has 112 valence electrons. The summed E-state index contributed by atoms with van der Waals surface area (Å²) in [6.07, 6.45) is 6.31. The number of hydrogen-bond donors (Lipinski definition) is 2. The van der Waals surface area contributed by atoms with Crippen LogP contribution in [-0.2, 0) is 11.3 Å². The van der Waals surface area contributed by atoms with Gasteiger partial charge < -0.3 is 14.9 Å². The number of benzene rings is 1. The van der Waals surface area contributed by atoms with E-state index < -0.39 is 11.7 Å². The molecule has 2 aromatic heterocycles. The molecule has 0 saturated heterocycles. The fourth-order valence-corrected chi connectivity index (χ4v) is 2.44. The average molecular weight is 295 g/mol. The van der Waals surface area contributed by atoms with Crippen LogP contribution in [-0.4, -0.2) is 27.8 Å². The summed E-state index contributed by atoms with van der Waals surface area (Å²) in [6.45, 7) is 1.29. The molecule has 5 nitrogen and oxygen atoms in total. The van der Waals surface area contributed by atoms with E-state index in [1.807, 2.05) is 53.4 Å². The van der Waals surface area contributed by atoms with Gasteiger partial charge in [0.1, 0.15) is 0 Å². The number of rotatable bonds is 6. The molecule has 0 spiro atoms. The molecule has 0 saturated carbocycles. The number of hydrogen-bond acceptors (Lipinski definition) is 2. The summed E-state index contributed by atoms with van der Waals surface area (Å²) < 4.78 is 2.04. The van der Waals surface area contributed by atoms with Crippen LogP contribution in [0.4, 0.5) is 0 Å². The zero-order valence-corrected chi connectivity index (χ0v) is 12.1. The molecule has 5 heteroatoms. The van der Waals surface area contributed by atoms with Crippen LogP contribution in [0.5, 0.6) is 0 Å². The highest BCUT2D eigenvalue weighted by atomic mass is 16.2. The average Bonchev–Trinajstić information content (AvgIpc) is 3.20. The van der Waals surface area contributed by atoms with E-state index in [0.29, 0.717) is 12.1 Å². The number of ketones is 1. The number of nitrogens with one attached hydrogen (secondary N) is 2. The molecule has 3 rings (SSSR count). The third kappa shape index (κ3) is 2.93. The van der Waals surface area contributed by atoms with E-state index >= 15 is 0 Å². The van der Waals surface area contributed by atoms with Crippen molar-refractivity contribution in [1.82, 2.24) is 14.9 Å².